The number of aromatic nitrogens is 1. The van der Waals surface area contributed by atoms with Crippen molar-refractivity contribution in [3.8, 4) is 5.75 Å². The van der Waals surface area contributed by atoms with Crippen molar-refractivity contribution in [2.45, 2.75) is 44.8 Å². The molecule has 3 rings (SSSR count). The molecule has 138 valence electrons. The lowest BCUT2D eigenvalue weighted by molar-refractivity contribution is 0.143. The minimum absolute atomic E-state index is 0.413. The molecule has 2 aromatic rings. The van der Waals surface area contributed by atoms with Gasteiger partial charge in [-0.2, -0.15) is 0 Å². The fourth-order valence-corrected chi connectivity index (χ4v) is 3.71. The monoisotopic (exact) mass is 352 g/mol. The number of para-hydroxylation sites is 1. The molecule has 1 aromatic heterocycles. The molecule has 1 heterocycles. The van der Waals surface area contributed by atoms with Crippen molar-refractivity contribution in [3.63, 3.8) is 0 Å². The number of hydrogen-bond donors (Lipinski definition) is 0. The summed E-state index contributed by atoms with van der Waals surface area (Å²) in [6.45, 7) is 4.61. The molecule has 0 saturated heterocycles. The van der Waals surface area contributed by atoms with Crippen molar-refractivity contribution in [3.05, 3.63) is 60.9 Å². The van der Waals surface area contributed by atoms with E-state index in [0.29, 0.717) is 19.3 Å². The molecule has 1 aliphatic carbocycles. The molecule has 0 bridgehead atoms. The van der Waals surface area contributed by atoms with Gasteiger partial charge in [0.05, 0.1) is 26.0 Å². The molecule has 1 fully saturated rings. The number of anilines is 2. The van der Waals surface area contributed by atoms with Crippen LogP contribution in [0.1, 0.15) is 37.8 Å². The zero-order valence-electron chi connectivity index (χ0n) is 15.6. The SMILES string of the molecule is C=CCOCc1nccc(N(c2ccccc2)C2CCCCC2)c1OC. The highest BCUT2D eigenvalue weighted by Gasteiger charge is 2.26. The highest BCUT2D eigenvalue weighted by Crippen LogP contribution is 2.40. The molecular formula is C22H28N2O2. The predicted octanol–water partition coefficient (Wildman–Crippen LogP) is 5.26. The first-order valence-electron chi connectivity index (χ1n) is 9.40. The van der Waals surface area contributed by atoms with Gasteiger partial charge >= 0.3 is 0 Å². The molecule has 1 aromatic carbocycles. The van der Waals surface area contributed by atoms with Crippen molar-refractivity contribution in [1.29, 1.82) is 0 Å². The first-order chi connectivity index (χ1) is 12.8. The van der Waals surface area contributed by atoms with E-state index in [2.05, 4.69) is 52.9 Å². The van der Waals surface area contributed by atoms with Crippen LogP contribution in [-0.2, 0) is 11.3 Å². The molecule has 0 atom stereocenters. The molecule has 1 aliphatic rings. The molecule has 26 heavy (non-hydrogen) atoms. The number of pyridine rings is 1. The lowest BCUT2D eigenvalue weighted by Crippen LogP contribution is -2.33. The maximum Gasteiger partial charge on any atom is 0.166 e. The maximum atomic E-state index is 5.79. The maximum absolute atomic E-state index is 5.79. The van der Waals surface area contributed by atoms with Crippen molar-refractivity contribution in [2.24, 2.45) is 0 Å². The third-order valence-corrected chi connectivity index (χ3v) is 4.87. The van der Waals surface area contributed by atoms with Crippen LogP contribution in [0.2, 0.25) is 0 Å². The summed E-state index contributed by atoms with van der Waals surface area (Å²) >= 11 is 0. The first-order valence-corrected chi connectivity index (χ1v) is 9.40. The molecule has 0 radical (unpaired) electrons. The molecule has 4 heteroatoms. The van der Waals surface area contributed by atoms with Crippen LogP contribution >= 0.6 is 0 Å². The van der Waals surface area contributed by atoms with Gasteiger partial charge in [-0.15, -0.1) is 6.58 Å². The average Bonchev–Trinajstić information content (AvgIpc) is 2.70. The Hall–Kier alpha value is -2.33. The van der Waals surface area contributed by atoms with Crippen molar-refractivity contribution >= 4 is 11.4 Å². The molecule has 0 amide bonds. The minimum atomic E-state index is 0.413. The second-order valence-corrected chi connectivity index (χ2v) is 6.61. The Morgan fingerprint density at radius 2 is 1.92 bits per heavy atom. The third-order valence-electron chi connectivity index (χ3n) is 4.87. The molecule has 1 saturated carbocycles. The van der Waals surface area contributed by atoms with Crippen LogP contribution in [0, 0.1) is 0 Å². The van der Waals surface area contributed by atoms with Crippen molar-refractivity contribution < 1.29 is 9.47 Å². The van der Waals surface area contributed by atoms with E-state index in [1.807, 2.05) is 6.20 Å². The number of rotatable bonds is 8. The van der Waals surface area contributed by atoms with Gasteiger partial charge in [0.15, 0.2) is 5.75 Å². The van der Waals surface area contributed by atoms with E-state index in [1.165, 1.54) is 37.8 Å². The molecule has 0 spiro atoms. The smallest absolute Gasteiger partial charge is 0.166 e. The largest absolute Gasteiger partial charge is 0.493 e. The summed E-state index contributed by atoms with van der Waals surface area (Å²) in [6, 6.07) is 13.1. The van der Waals surface area contributed by atoms with Crippen LogP contribution in [0.4, 0.5) is 11.4 Å². The summed E-state index contributed by atoms with van der Waals surface area (Å²) in [6.07, 6.45) is 9.86. The normalized spacial score (nSPS) is 14.8. The van der Waals surface area contributed by atoms with E-state index in [4.69, 9.17) is 9.47 Å². The highest BCUT2D eigenvalue weighted by molar-refractivity contribution is 5.70. The number of methoxy groups -OCH3 is 1. The fourth-order valence-electron chi connectivity index (χ4n) is 3.71. The van der Waals surface area contributed by atoms with Gasteiger partial charge in [-0.25, -0.2) is 0 Å². The van der Waals surface area contributed by atoms with Gasteiger partial charge in [-0.05, 0) is 31.0 Å². The third kappa shape index (κ3) is 4.25. The van der Waals surface area contributed by atoms with Crippen LogP contribution in [-0.4, -0.2) is 24.7 Å². The zero-order valence-corrected chi connectivity index (χ0v) is 15.6. The van der Waals surface area contributed by atoms with Crippen LogP contribution in [0.15, 0.2) is 55.3 Å². The molecule has 0 unspecified atom stereocenters. The van der Waals surface area contributed by atoms with Crippen LogP contribution in [0.25, 0.3) is 0 Å². The quantitative estimate of drug-likeness (QED) is 0.479. The topological polar surface area (TPSA) is 34.6 Å². The van der Waals surface area contributed by atoms with Gasteiger partial charge in [-0.1, -0.05) is 43.5 Å². The molecular weight excluding hydrogens is 324 g/mol. The zero-order chi connectivity index (χ0) is 18.2. The van der Waals surface area contributed by atoms with E-state index in [1.54, 1.807) is 13.2 Å². The summed E-state index contributed by atoms with van der Waals surface area (Å²) < 4.78 is 11.4. The first kappa shape index (κ1) is 18.5. The van der Waals surface area contributed by atoms with E-state index >= 15 is 0 Å². The second-order valence-electron chi connectivity index (χ2n) is 6.61. The molecule has 0 N–H and O–H groups in total. The van der Waals surface area contributed by atoms with Crippen molar-refractivity contribution in [1.82, 2.24) is 4.98 Å². The van der Waals surface area contributed by atoms with Crippen LogP contribution in [0.5, 0.6) is 5.75 Å². The average molecular weight is 352 g/mol. The van der Waals surface area contributed by atoms with E-state index in [9.17, 15) is 0 Å². The number of benzene rings is 1. The second kappa shape index (κ2) is 9.39. The number of ether oxygens (including phenoxy) is 2. The molecule has 4 nitrogen and oxygen atoms in total. The standard InChI is InChI=1S/C22H28N2O2/c1-3-16-26-17-20-22(25-2)21(14-15-23-20)24(18-10-6-4-7-11-18)19-12-8-5-9-13-19/h3-4,6-7,10-11,14-15,19H,1,5,8-9,12-13,16-17H2,2H3. The van der Waals surface area contributed by atoms with Gasteiger partial charge in [0.25, 0.3) is 0 Å². The van der Waals surface area contributed by atoms with Crippen LogP contribution in [0.3, 0.4) is 0 Å². The number of nitrogens with zero attached hydrogens (tertiary/aromatic N) is 2. The lowest BCUT2D eigenvalue weighted by Gasteiger charge is -2.37. The Bertz CT molecular complexity index is 697. The van der Waals surface area contributed by atoms with Gasteiger partial charge in [0.1, 0.15) is 5.69 Å². The van der Waals surface area contributed by atoms with Gasteiger partial charge in [0.2, 0.25) is 0 Å². The summed E-state index contributed by atoms with van der Waals surface area (Å²) in [5, 5.41) is 0. The van der Waals surface area contributed by atoms with E-state index < -0.39 is 0 Å². The Morgan fingerprint density at radius 1 is 1.15 bits per heavy atom. The van der Waals surface area contributed by atoms with Gasteiger partial charge in [0, 0.05) is 17.9 Å². The Morgan fingerprint density at radius 3 is 2.62 bits per heavy atom. The summed E-state index contributed by atoms with van der Waals surface area (Å²) in [5.74, 6) is 0.797. The fraction of sp³-hybridized carbons (Fsp3) is 0.409. The summed E-state index contributed by atoms with van der Waals surface area (Å²) in [7, 11) is 1.71. The van der Waals surface area contributed by atoms with Gasteiger partial charge < -0.3 is 14.4 Å². The Balaban J connectivity index is 2.00. The van der Waals surface area contributed by atoms with E-state index in [-0.39, 0.29) is 0 Å². The predicted molar refractivity (Wildman–Crippen MR) is 106 cm³/mol. The Labute approximate surface area is 156 Å². The van der Waals surface area contributed by atoms with E-state index in [0.717, 1.165) is 17.1 Å². The summed E-state index contributed by atoms with van der Waals surface area (Å²) in [4.78, 5) is 6.92. The van der Waals surface area contributed by atoms with Gasteiger partial charge in [-0.3, -0.25) is 4.98 Å². The highest BCUT2D eigenvalue weighted by atomic mass is 16.5. The summed E-state index contributed by atoms with van der Waals surface area (Å²) in [5.41, 5.74) is 3.09. The van der Waals surface area contributed by atoms with Crippen molar-refractivity contribution in [2.75, 3.05) is 18.6 Å². The lowest BCUT2D eigenvalue weighted by atomic mass is 9.93. The Kier molecular flexibility index (Phi) is 6.67. The minimum Gasteiger partial charge on any atom is -0.493 e. The molecule has 0 aliphatic heterocycles. The van der Waals surface area contributed by atoms with Crippen LogP contribution < -0.4 is 9.64 Å². The number of hydrogen-bond acceptors (Lipinski definition) is 4.